The van der Waals surface area contributed by atoms with Gasteiger partial charge in [-0.25, -0.2) is 8.42 Å². The molecule has 8 nitrogen and oxygen atoms in total. The highest BCUT2D eigenvalue weighted by Crippen LogP contribution is 2.29. The number of nitriles is 1. The summed E-state index contributed by atoms with van der Waals surface area (Å²) in [7, 11) is -3.75. The van der Waals surface area contributed by atoms with Crippen molar-refractivity contribution in [3.8, 4) is 17.6 Å². The Morgan fingerprint density at radius 2 is 1.81 bits per heavy atom. The summed E-state index contributed by atoms with van der Waals surface area (Å²) in [5.74, 6) is -1.10. The third-order valence-corrected chi connectivity index (χ3v) is 7.19. The highest BCUT2D eigenvalue weighted by atomic mass is 35.5. The van der Waals surface area contributed by atoms with Gasteiger partial charge in [-0.05, 0) is 73.0 Å². The van der Waals surface area contributed by atoms with Crippen molar-refractivity contribution >= 4 is 39.0 Å². The Labute approximate surface area is 214 Å². The van der Waals surface area contributed by atoms with Crippen molar-refractivity contribution in [3.05, 3.63) is 81.9 Å². The maximum absolute atomic E-state index is 12.7. The first-order chi connectivity index (χ1) is 17.0. The Bertz CT molecular complexity index is 1480. The number of sulfone groups is 1. The van der Waals surface area contributed by atoms with Crippen LogP contribution >= 0.6 is 11.6 Å². The van der Waals surface area contributed by atoms with Crippen LogP contribution in [0.3, 0.4) is 0 Å². The van der Waals surface area contributed by atoms with E-state index in [1.165, 1.54) is 24.3 Å². The number of carboxylic acid groups (broad SMARTS) is 1. The summed E-state index contributed by atoms with van der Waals surface area (Å²) < 4.78 is 30.6. The van der Waals surface area contributed by atoms with E-state index in [2.05, 4.69) is 5.32 Å². The second kappa shape index (κ2) is 11.2. The molecule has 10 heteroatoms. The summed E-state index contributed by atoms with van der Waals surface area (Å²) in [6.07, 6.45) is -0.452. The molecule has 0 aromatic heterocycles. The maximum Gasteiger partial charge on any atom is 0.304 e. The van der Waals surface area contributed by atoms with Crippen LogP contribution in [-0.2, 0) is 25.8 Å². The van der Waals surface area contributed by atoms with Gasteiger partial charge in [0.15, 0.2) is 9.84 Å². The lowest BCUT2D eigenvalue weighted by molar-refractivity contribution is -0.136. The molecule has 0 unspecified atom stereocenters. The number of rotatable bonds is 9. The number of aliphatic carboxylic acids is 1. The lowest BCUT2D eigenvalue weighted by Crippen LogP contribution is -2.16. The van der Waals surface area contributed by atoms with Crippen LogP contribution in [0.2, 0.25) is 5.02 Å². The minimum absolute atomic E-state index is 0.000134. The molecule has 3 aromatic rings. The van der Waals surface area contributed by atoms with E-state index in [4.69, 9.17) is 26.7 Å². The van der Waals surface area contributed by atoms with Crippen LogP contribution in [-0.4, -0.2) is 31.2 Å². The van der Waals surface area contributed by atoms with Crippen molar-refractivity contribution in [3.63, 3.8) is 0 Å². The van der Waals surface area contributed by atoms with E-state index in [0.29, 0.717) is 38.9 Å². The molecule has 0 bridgehead atoms. The zero-order valence-corrected chi connectivity index (χ0v) is 21.1. The van der Waals surface area contributed by atoms with Crippen molar-refractivity contribution < 1.29 is 27.9 Å². The van der Waals surface area contributed by atoms with Crippen molar-refractivity contribution in [1.29, 1.82) is 5.26 Å². The zero-order valence-electron chi connectivity index (χ0n) is 19.5. The van der Waals surface area contributed by atoms with Crippen LogP contribution in [0.15, 0.2) is 59.5 Å². The van der Waals surface area contributed by atoms with Gasteiger partial charge in [-0.1, -0.05) is 23.7 Å². The predicted octanol–water partition coefficient (Wildman–Crippen LogP) is 5.05. The van der Waals surface area contributed by atoms with E-state index < -0.39 is 28.0 Å². The molecule has 36 heavy (non-hydrogen) atoms. The first kappa shape index (κ1) is 26.7. The van der Waals surface area contributed by atoms with E-state index in [1.54, 1.807) is 31.2 Å². The van der Waals surface area contributed by atoms with Gasteiger partial charge in [0.05, 0.1) is 35.1 Å². The SMILES string of the molecule is Cc1cc(S(=O)(=O)CCC(=O)O)ccc1NC(=O)Cc1ccc(C)c(Oc2cc(Cl)cc(C#N)c2)c1. The summed E-state index contributed by atoms with van der Waals surface area (Å²) >= 11 is 6.05. The van der Waals surface area contributed by atoms with Crippen LogP contribution in [0.4, 0.5) is 5.69 Å². The fraction of sp³-hybridized carbons (Fsp3) is 0.192. The third-order valence-electron chi connectivity index (χ3n) is 5.26. The minimum atomic E-state index is -3.75. The molecule has 0 aliphatic heterocycles. The molecule has 0 spiro atoms. The number of carbonyl (C=O) groups is 2. The highest BCUT2D eigenvalue weighted by Gasteiger charge is 2.18. The van der Waals surface area contributed by atoms with Gasteiger partial charge in [0.25, 0.3) is 0 Å². The monoisotopic (exact) mass is 526 g/mol. The average molecular weight is 527 g/mol. The molecule has 3 aromatic carbocycles. The van der Waals surface area contributed by atoms with Crippen LogP contribution in [0, 0.1) is 25.2 Å². The molecule has 0 fully saturated rings. The summed E-state index contributed by atoms with van der Waals surface area (Å²) in [6.45, 7) is 3.51. The fourth-order valence-electron chi connectivity index (χ4n) is 3.37. The van der Waals surface area contributed by atoms with E-state index >= 15 is 0 Å². The first-order valence-electron chi connectivity index (χ1n) is 10.8. The molecule has 0 heterocycles. The van der Waals surface area contributed by atoms with Gasteiger partial charge >= 0.3 is 5.97 Å². The molecule has 2 N–H and O–H groups in total. The summed E-state index contributed by atoms with van der Waals surface area (Å²) in [5, 5.41) is 21.0. The zero-order chi connectivity index (χ0) is 26.5. The summed E-state index contributed by atoms with van der Waals surface area (Å²) in [5.41, 5.74) is 2.85. The largest absolute Gasteiger partial charge is 0.481 e. The number of nitrogens with zero attached hydrogens (tertiary/aromatic N) is 1. The number of benzene rings is 3. The van der Waals surface area contributed by atoms with Crippen LogP contribution < -0.4 is 10.1 Å². The van der Waals surface area contributed by atoms with Crippen LogP contribution in [0.25, 0.3) is 0 Å². The molecule has 3 rings (SSSR count). The van der Waals surface area contributed by atoms with E-state index in [-0.39, 0.29) is 17.2 Å². The average Bonchev–Trinajstić information content (AvgIpc) is 2.80. The first-order valence-corrected chi connectivity index (χ1v) is 12.8. The van der Waals surface area contributed by atoms with Crippen LogP contribution in [0.1, 0.15) is 28.7 Å². The molecular formula is C26H23ClN2O6S. The van der Waals surface area contributed by atoms with Gasteiger partial charge in [0.1, 0.15) is 11.5 Å². The molecule has 0 aliphatic carbocycles. The van der Waals surface area contributed by atoms with E-state index in [0.717, 1.165) is 5.56 Å². The number of nitrogens with one attached hydrogen (secondary N) is 1. The number of ether oxygens (including phenoxy) is 1. The van der Waals surface area contributed by atoms with Gasteiger partial charge in [-0.15, -0.1) is 0 Å². The molecular weight excluding hydrogens is 504 g/mol. The number of anilines is 1. The Balaban J connectivity index is 1.71. The Morgan fingerprint density at radius 1 is 1.06 bits per heavy atom. The number of aryl methyl sites for hydroxylation is 2. The summed E-state index contributed by atoms with van der Waals surface area (Å²) in [6, 6.07) is 16.3. The third kappa shape index (κ3) is 7.07. The molecule has 186 valence electrons. The van der Waals surface area contributed by atoms with Crippen LogP contribution in [0.5, 0.6) is 11.5 Å². The minimum Gasteiger partial charge on any atom is -0.481 e. The Hall–Kier alpha value is -3.87. The Kier molecular flexibility index (Phi) is 8.35. The standard InChI is InChI=1S/C26H23ClN2O6S/c1-16-3-4-18(12-24(16)35-21-11-19(15-28)10-20(27)14-21)13-25(30)29-23-6-5-22(9-17(23)2)36(33,34)8-7-26(31)32/h3-6,9-12,14H,7-8,13H2,1-2H3,(H,29,30)(H,31,32). The number of hydrogen-bond donors (Lipinski definition) is 2. The van der Waals surface area contributed by atoms with Gasteiger partial charge in [0.2, 0.25) is 5.91 Å². The molecule has 0 radical (unpaired) electrons. The molecule has 0 saturated carbocycles. The van der Waals surface area contributed by atoms with Crippen molar-refractivity contribution in [1.82, 2.24) is 0 Å². The maximum atomic E-state index is 12.7. The molecule has 0 atom stereocenters. The van der Waals surface area contributed by atoms with Gasteiger partial charge in [-0.2, -0.15) is 5.26 Å². The summed E-state index contributed by atoms with van der Waals surface area (Å²) in [4.78, 5) is 23.4. The number of hydrogen-bond acceptors (Lipinski definition) is 6. The van der Waals surface area contributed by atoms with Crippen molar-refractivity contribution in [2.45, 2.75) is 31.6 Å². The van der Waals surface area contributed by atoms with Gasteiger partial charge < -0.3 is 15.2 Å². The van der Waals surface area contributed by atoms with Crippen molar-refractivity contribution in [2.75, 3.05) is 11.1 Å². The smallest absolute Gasteiger partial charge is 0.304 e. The van der Waals surface area contributed by atoms with Gasteiger partial charge in [0, 0.05) is 10.7 Å². The molecule has 0 aliphatic rings. The second-order valence-electron chi connectivity index (χ2n) is 8.15. The Morgan fingerprint density at radius 3 is 2.47 bits per heavy atom. The quantitative estimate of drug-likeness (QED) is 0.398. The number of carbonyl (C=O) groups excluding carboxylic acids is 1. The topological polar surface area (TPSA) is 134 Å². The normalized spacial score (nSPS) is 10.9. The number of carboxylic acids is 1. The van der Waals surface area contributed by atoms with Crippen molar-refractivity contribution in [2.24, 2.45) is 0 Å². The van der Waals surface area contributed by atoms with Gasteiger partial charge in [-0.3, -0.25) is 9.59 Å². The number of amides is 1. The molecule has 1 amide bonds. The predicted molar refractivity (Wildman–Crippen MR) is 135 cm³/mol. The number of halogens is 1. The fourth-order valence-corrected chi connectivity index (χ4v) is 4.90. The lowest BCUT2D eigenvalue weighted by atomic mass is 10.1. The van der Waals surface area contributed by atoms with E-state index in [9.17, 15) is 18.0 Å². The second-order valence-corrected chi connectivity index (χ2v) is 10.7. The van der Waals surface area contributed by atoms with E-state index in [1.807, 2.05) is 19.1 Å². The lowest BCUT2D eigenvalue weighted by Gasteiger charge is -2.13. The highest BCUT2D eigenvalue weighted by molar-refractivity contribution is 7.91. The molecule has 0 saturated heterocycles.